The van der Waals surface area contributed by atoms with Gasteiger partial charge in [0.25, 0.3) is 5.56 Å². The third-order valence-corrected chi connectivity index (χ3v) is 5.63. The second-order valence-corrected chi connectivity index (χ2v) is 7.62. The van der Waals surface area contributed by atoms with Gasteiger partial charge in [-0.1, -0.05) is 6.07 Å². The summed E-state index contributed by atoms with van der Waals surface area (Å²) in [5, 5.41) is 4.93. The van der Waals surface area contributed by atoms with Gasteiger partial charge in [0, 0.05) is 36.1 Å². The lowest BCUT2D eigenvalue weighted by atomic mass is 10.0. The fraction of sp³-hybridized carbons (Fsp3) is 0.273. The van der Waals surface area contributed by atoms with Crippen LogP contribution in [-0.2, 0) is 0 Å². The predicted molar refractivity (Wildman–Crippen MR) is 108 cm³/mol. The molecule has 0 spiro atoms. The maximum Gasteiger partial charge on any atom is 0.258 e. The minimum Gasteiger partial charge on any atom is -0.315 e. The van der Waals surface area contributed by atoms with Crippen molar-refractivity contribution in [2.24, 2.45) is 0 Å². The van der Waals surface area contributed by atoms with Crippen LogP contribution in [0, 0.1) is 19.7 Å². The quantitative estimate of drug-likeness (QED) is 0.582. The largest absolute Gasteiger partial charge is 0.315 e. The van der Waals surface area contributed by atoms with E-state index in [-0.39, 0.29) is 17.4 Å². The lowest BCUT2D eigenvalue weighted by Gasteiger charge is -2.16. The van der Waals surface area contributed by atoms with Crippen LogP contribution in [0.1, 0.15) is 23.7 Å². The molecule has 3 aromatic heterocycles. The Balaban J connectivity index is 1.67. The van der Waals surface area contributed by atoms with E-state index >= 15 is 0 Å². The summed E-state index contributed by atoms with van der Waals surface area (Å²) in [7, 11) is 0. The molecule has 0 amide bonds. The van der Waals surface area contributed by atoms with E-state index in [0.717, 1.165) is 47.3 Å². The van der Waals surface area contributed by atoms with Crippen LogP contribution in [0.5, 0.6) is 0 Å². The van der Waals surface area contributed by atoms with E-state index < -0.39 is 0 Å². The van der Waals surface area contributed by atoms with Crippen LogP contribution >= 0.6 is 0 Å². The van der Waals surface area contributed by atoms with E-state index in [1.54, 1.807) is 4.40 Å². The molecule has 1 atom stereocenters. The Morgan fingerprint density at radius 3 is 2.75 bits per heavy atom. The molecule has 28 heavy (non-hydrogen) atoms. The molecule has 1 aliphatic heterocycles. The summed E-state index contributed by atoms with van der Waals surface area (Å²) in [6.07, 6.45) is 6.60. The summed E-state index contributed by atoms with van der Waals surface area (Å²) in [6.45, 7) is 5.63. The number of rotatable bonds is 2. The molecule has 142 valence electrons. The molecule has 6 heteroatoms. The number of nitrogens with one attached hydrogen (secondary N) is 1. The van der Waals surface area contributed by atoms with Crippen molar-refractivity contribution in [3.05, 3.63) is 70.3 Å². The Hall–Kier alpha value is -2.99. The maximum absolute atomic E-state index is 14.5. The molecule has 0 aliphatic carbocycles. The average Bonchev–Trinajstić information content (AvgIpc) is 3.33. The molecule has 1 aromatic carbocycles. The van der Waals surface area contributed by atoms with Gasteiger partial charge in [-0.3, -0.25) is 4.79 Å². The van der Waals surface area contributed by atoms with Crippen molar-refractivity contribution >= 4 is 16.4 Å². The van der Waals surface area contributed by atoms with Gasteiger partial charge in [-0.15, -0.1) is 0 Å². The summed E-state index contributed by atoms with van der Waals surface area (Å²) in [5.74, 6) is -0.355. The van der Waals surface area contributed by atoms with Gasteiger partial charge < -0.3 is 14.3 Å². The van der Waals surface area contributed by atoms with Crippen molar-refractivity contribution in [3.63, 3.8) is 0 Å². The summed E-state index contributed by atoms with van der Waals surface area (Å²) in [5.41, 5.74) is 3.81. The molecule has 0 radical (unpaired) electrons. The fourth-order valence-corrected chi connectivity index (χ4v) is 4.20. The van der Waals surface area contributed by atoms with Gasteiger partial charge in [0.05, 0.1) is 11.7 Å². The highest BCUT2D eigenvalue weighted by Crippen LogP contribution is 2.27. The zero-order chi connectivity index (χ0) is 19.4. The summed E-state index contributed by atoms with van der Waals surface area (Å²) >= 11 is 0. The highest BCUT2D eigenvalue weighted by atomic mass is 19.1. The molecule has 0 unspecified atom stereocenters. The van der Waals surface area contributed by atoms with Gasteiger partial charge in [0.1, 0.15) is 0 Å². The number of aryl methyl sites for hydroxylation is 2. The molecule has 0 saturated carbocycles. The lowest BCUT2D eigenvalue weighted by Crippen LogP contribution is -2.26. The van der Waals surface area contributed by atoms with E-state index in [0.29, 0.717) is 11.0 Å². The van der Waals surface area contributed by atoms with Crippen molar-refractivity contribution in [1.29, 1.82) is 0 Å². The number of nitrogens with zero attached hydrogens (tertiary/aromatic N) is 3. The topological polar surface area (TPSA) is 51.3 Å². The third-order valence-electron chi connectivity index (χ3n) is 5.63. The predicted octanol–water partition coefficient (Wildman–Crippen LogP) is 3.61. The first kappa shape index (κ1) is 17.1. The number of fused-ring (bicyclic) bond motifs is 2. The van der Waals surface area contributed by atoms with Crippen LogP contribution in [0.15, 0.2) is 47.7 Å². The molecule has 4 heterocycles. The minimum atomic E-state index is -0.355. The highest BCUT2D eigenvalue weighted by molar-refractivity contribution is 5.89. The van der Waals surface area contributed by atoms with E-state index in [1.807, 2.05) is 55.2 Å². The smallest absolute Gasteiger partial charge is 0.258 e. The van der Waals surface area contributed by atoms with Gasteiger partial charge in [-0.2, -0.15) is 0 Å². The Kier molecular flexibility index (Phi) is 3.84. The van der Waals surface area contributed by atoms with Gasteiger partial charge in [-0.25, -0.2) is 9.37 Å². The first-order valence-corrected chi connectivity index (χ1v) is 9.53. The zero-order valence-electron chi connectivity index (χ0n) is 15.9. The second-order valence-electron chi connectivity index (χ2n) is 7.62. The monoisotopic (exact) mass is 376 g/mol. The SMILES string of the molecule is Cc1cn2cc(-c3ccc4c(=O)n([C@@H]5CCNC5)cc(C)c4c3)cc(F)c2n1. The molecule has 1 aliphatic rings. The molecule has 1 N–H and O–H groups in total. The molecule has 0 bridgehead atoms. The summed E-state index contributed by atoms with van der Waals surface area (Å²) < 4.78 is 18.1. The zero-order valence-corrected chi connectivity index (χ0v) is 15.9. The number of hydrogen-bond donors (Lipinski definition) is 1. The number of aromatic nitrogens is 3. The Bertz CT molecular complexity index is 1280. The van der Waals surface area contributed by atoms with Gasteiger partial charge in [0.15, 0.2) is 11.5 Å². The third kappa shape index (κ3) is 2.64. The first-order chi connectivity index (χ1) is 13.5. The van der Waals surface area contributed by atoms with Gasteiger partial charge >= 0.3 is 0 Å². The van der Waals surface area contributed by atoms with Crippen LogP contribution in [0.25, 0.3) is 27.5 Å². The van der Waals surface area contributed by atoms with Crippen molar-refractivity contribution in [2.45, 2.75) is 26.3 Å². The Labute approximate surface area is 161 Å². The molecule has 5 rings (SSSR count). The first-order valence-electron chi connectivity index (χ1n) is 9.53. The van der Waals surface area contributed by atoms with Gasteiger partial charge in [0.2, 0.25) is 0 Å². The Morgan fingerprint density at radius 2 is 1.96 bits per heavy atom. The summed E-state index contributed by atoms with van der Waals surface area (Å²) in [6, 6.07) is 7.44. The molecule has 1 saturated heterocycles. The molecule has 5 nitrogen and oxygen atoms in total. The second kappa shape index (κ2) is 6.27. The molecule has 4 aromatic rings. The number of hydrogen-bond acceptors (Lipinski definition) is 3. The summed E-state index contributed by atoms with van der Waals surface area (Å²) in [4.78, 5) is 17.2. The van der Waals surface area contributed by atoms with Crippen molar-refractivity contribution in [2.75, 3.05) is 13.1 Å². The van der Waals surface area contributed by atoms with Crippen molar-refractivity contribution in [1.82, 2.24) is 19.3 Å². The standard InChI is InChI=1S/C22H21FN4O/c1-13-10-27(17-5-6-24-9-17)22(28)18-4-3-15(7-19(13)18)16-8-20(23)21-25-14(2)11-26(21)12-16/h3-4,7-8,10-12,17,24H,5-6,9H2,1-2H3/t17-/m1/s1. The number of pyridine rings is 2. The maximum atomic E-state index is 14.5. The van der Waals surface area contributed by atoms with Crippen LogP contribution in [0.3, 0.4) is 0 Å². The highest BCUT2D eigenvalue weighted by Gasteiger charge is 2.19. The number of halogens is 1. The van der Waals surface area contributed by atoms with Crippen molar-refractivity contribution in [3.8, 4) is 11.1 Å². The normalized spacial score (nSPS) is 17.0. The molecular weight excluding hydrogens is 355 g/mol. The van der Waals surface area contributed by atoms with Crippen molar-refractivity contribution < 1.29 is 4.39 Å². The van der Waals surface area contributed by atoms with E-state index in [4.69, 9.17) is 0 Å². The molecular formula is C22H21FN4O. The van der Waals surface area contributed by atoms with Crippen LogP contribution < -0.4 is 10.9 Å². The number of imidazole rings is 1. The Morgan fingerprint density at radius 1 is 1.11 bits per heavy atom. The van der Waals surface area contributed by atoms with E-state index in [9.17, 15) is 9.18 Å². The minimum absolute atomic E-state index is 0.0349. The van der Waals surface area contributed by atoms with Gasteiger partial charge in [-0.05, 0) is 61.5 Å². The number of benzene rings is 1. The average molecular weight is 376 g/mol. The fourth-order valence-electron chi connectivity index (χ4n) is 4.20. The van der Waals surface area contributed by atoms with Crippen LogP contribution in [0.2, 0.25) is 0 Å². The van der Waals surface area contributed by atoms with E-state index in [2.05, 4.69) is 10.3 Å². The van der Waals surface area contributed by atoms with E-state index in [1.165, 1.54) is 6.07 Å². The van der Waals surface area contributed by atoms with Crippen LogP contribution in [-0.4, -0.2) is 27.0 Å². The van der Waals surface area contributed by atoms with Crippen LogP contribution in [0.4, 0.5) is 4.39 Å². The lowest BCUT2D eigenvalue weighted by molar-refractivity contribution is 0.531. The molecule has 1 fully saturated rings.